The number of nitrogens with one attached hydrogen (secondary N) is 1. The first kappa shape index (κ1) is 20.2. The van der Waals surface area contributed by atoms with Crippen LogP contribution in [0.15, 0.2) is 59.3 Å². The summed E-state index contributed by atoms with van der Waals surface area (Å²) in [6, 6.07) is 13.4. The molecule has 5 rings (SSSR count). The minimum absolute atomic E-state index is 0.0471. The first-order valence-electron chi connectivity index (χ1n) is 10.9. The predicted octanol–water partition coefficient (Wildman–Crippen LogP) is 4.65. The Labute approximate surface area is 186 Å². The molecular formula is C25H25N5O2. The van der Waals surface area contributed by atoms with Crippen molar-refractivity contribution < 1.29 is 9.21 Å². The highest BCUT2D eigenvalue weighted by Gasteiger charge is 2.27. The van der Waals surface area contributed by atoms with Gasteiger partial charge in [0.1, 0.15) is 17.2 Å². The van der Waals surface area contributed by atoms with Crippen LogP contribution >= 0.6 is 0 Å². The lowest BCUT2D eigenvalue weighted by molar-refractivity contribution is 0.0706. The topological polar surface area (TPSA) is 84.2 Å². The fraction of sp³-hybridized carbons (Fsp3) is 0.280. The molecule has 0 bridgehead atoms. The third-order valence-electron chi connectivity index (χ3n) is 5.94. The van der Waals surface area contributed by atoms with E-state index in [1.54, 1.807) is 12.4 Å². The van der Waals surface area contributed by atoms with Crippen LogP contribution in [0.2, 0.25) is 0 Å². The summed E-state index contributed by atoms with van der Waals surface area (Å²) in [5.74, 6) is 2.45. The van der Waals surface area contributed by atoms with Gasteiger partial charge in [-0.1, -0.05) is 0 Å². The Bertz CT molecular complexity index is 1270. The van der Waals surface area contributed by atoms with Crippen molar-refractivity contribution in [2.75, 3.05) is 25.5 Å². The number of hydrogen-bond donors (Lipinski definition) is 1. The van der Waals surface area contributed by atoms with E-state index in [0.29, 0.717) is 17.9 Å². The maximum absolute atomic E-state index is 13.3. The van der Waals surface area contributed by atoms with Crippen molar-refractivity contribution in [3.05, 3.63) is 71.9 Å². The van der Waals surface area contributed by atoms with Crippen molar-refractivity contribution in [2.45, 2.75) is 25.7 Å². The fourth-order valence-corrected chi connectivity index (χ4v) is 4.32. The van der Waals surface area contributed by atoms with Gasteiger partial charge in [0, 0.05) is 61.0 Å². The van der Waals surface area contributed by atoms with Gasteiger partial charge in [-0.25, -0.2) is 9.97 Å². The number of fused-ring (bicyclic) bond motifs is 1. The quantitative estimate of drug-likeness (QED) is 0.510. The van der Waals surface area contributed by atoms with E-state index in [0.717, 1.165) is 53.2 Å². The van der Waals surface area contributed by atoms with Crippen LogP contribution in [0.25, 0.3) is 22.4 Å². The van der Waals surface area contributed by atoms with Gasteiger partial charge in [-0.05, 0) is 56.2 Å². The number of pyridine rings is 1. The number of piperidine rings is 1. The van der Waals surface area contributed by atoms with Crippen molar-refractivity contribution in [1.29, 1.82) is 0 Å². The molecule has 32 heavy (non-hydrogen) atoms. The Balaban J connectivity index is 1.41. The van der Waals surface area contributed by atoms with Crippen molar-refractivity contribution in [1.82, 2.24) is 19.9 Å². The van der Waals surface area contributed by atoms with E-state index in [1.807, 2.05) is 61.3 Å². The van der Waals surface area contributed by atoms with E-state index < -0.39 is 0 Å². The van der Waals surface area contributed by atoms with Crippen LogP contribution in [0.3, 0.4) is 0 Å². The highest BCUT2D eigenvalue weighted by atomic mass is 16.3. The number of benzene rings is 1. The van der Waals surface area contributed by atoms with Crippen LogP contribution in [0.1, 0.15) is 40.6 Å². The minimum atomic E-state index is 0.0471. The molecule has 4 heterocycles. The molecule has 7 nitrogen and oxygen atoms in total. The molecule has 1 aliphatic heterocycles. The minimum Gasteiger partial charge on any atom is -0.461 e. The number of amides is 1. The van der Waals surface area contributed by atoms with E-state index in [4.69, 9.17) is 9.40 Å². The molecule has 4 aromatic rings. The Morgan fingerprint density at radius 1 is 1.19 bits per heavy atom. The van der Waals surface area contributed by atoms with Gasteiger partial charge in [-0.2, -0.15) is 0 Å². The summed E-state index contributed by atoms with van der Waals surface area (Å²) in [5.41, 5.74) is 3.31. The Morgan fingerprint density at radius 3 is 2.91 bits per heavy atom. The SMILES string of the molecule is CNc1cc([C@H]2CCCN(C(=O)c3ccc4oc(C)cc4c3)C2)nc(-c2cccnc2)n1. The number of furan rings is 1. The van der Waals surface area contributed by atoms with Gasteiger partial charge in [0.05, 0.1) is 5.69 Å². The number of rotatable bonds is 4. The Morgan fingerprint density at radius 2 is 2.09 bits per heavy atom. The van der Waals surface area contributed by atoms with Crippen LogP contribution in [0.5, 0.6) is 0 Å². The van der Waals surface area contributed by atoms with Gasteiger partial charge in [0.25, 0.3) is 5.91 Å². The maximum Gasteiger partial charge on any atom is 0.253 e. The Kier molecular flexibility index (Phi) is 5.31. The van der Waals surface area contributed by atoms with Crippen LogP contribution in [0.4, 0.5) is 5.82 Å². The maximum atomic E-state index is 13.3. The molecule has 1 aliphatic rings. The van der Waals surface area contributed by atoms with Crippen molar-refractivity contribution in [3.8, 4) is 11.4 Å². The molecular weight excluding hydrogens is 402 g/mol. The molecule has 0 aliphatic carbocycles. The average molecular weight is 428 g/mol. The molecule has 162 valence electrons. The lowest BCUT2D eigenvalue weighted by Crippen LogP contribution is -2.39. The van der Waals surface area contributed by atoms with Gasteiger partial charge in [-0.3, -0.25) is 9.78 Å². The number of aromatic nitrogens is 3. The Hall–Kier alpha value is -3.74. The van der Waals surface area contributed by atoms with Gasteiger partial charge in [0.15, 0.2) is 5.82 Å². The molecule has 7 heteroatoms. The molecule has 0 spiro atoms. The molecule has 1 amide bonds. The number of carbonyl (C=O) groups excluding carboxylic acids is 1. The molecule has 1 saturated heterocycles. The zero-order valence-electron chi connectivity index (χ0n) is 18.2. The summed E-state index contributed by atoms with van der Waals surface area (Å²) in [7, 11) is 1.85. The third-order valence-corrected chi connectivity index (χ3v) is 5.94. The van der Waals surface area contributed by atoms with E-state index >= 15 is 0 Å². The third kappa shape index (κ3) is 3.93. The number of carbonyl (C=O) groups is 1. The summed E-state index contributed by atoms with van der Waals surface area (Å²) < 4.78 is 5.64. The van der Waals surface area contributed by atoms with Crippen LogP contribution < -0.4 is 5.32 Å². The van der Waals surface area contributed by atoms with E-state index in [2.05, 4.69) is 15.3 Å². The summed E-state index contributed by atoms with van der Waals surface area (Å²) in [4.78, 5) is 28.9. The van der Waals surface area contributed by atoms with Gasteiger partial charge >= 0.3 is 0 Å². The lowest BCUT2D eigenvalue weighted by Gasteiger charge is -2.32. The van der Waals surface area contributed by atoms with Crippen molar-refractivity contribution in [3.63, 3.8) is 0 Å². The summed E-state index contributed by atoms with van der Waals surface area (Å²) in [5, 5.41) is 4.09. The summed E-state index contributed by atoms with van der Waals surface area (Å²) in [6.45, 7) is 3.29. The predicted molar refractivity (Wildman–Crippen MR) is 124 cm³/mol. The molecule has 0 radical (unpaired) electrons. The number of hydrogen-bond acceptors (Lipinski definition) is 6. The molecule has 1 N–H and O–H groups in total. The second-order valence-corrected chi connectivity index (χ2v) is 8.19. The largest absolute Gasteiger partial charge is 0.461 e. The smallest absolute Gasteiger partial charge is 0.253 e. The molecule has 0 saturated carbocycles. The van der Waals surface area contributed by atoms with Crippen molar-refractivity contribution >= 4 is 22.7 Å². The zero-order chi connectivity index (χ0) is 22.1. The second-order valence-electron chi connectivity index (χ2n) is 8.19. The van der Waals surface area contributed by atoms with Crippen LogP contribution in [-0.2, 0) is 0 Å². The number of likely N-dealkylation sites (tertiary alicyclic amines) is 1. The fourth-order valence-electron chi connectivity index (χ4n) is 4.32. The van der Waals surface area contributed by atoms with E-state index in [-0.39, 0.29) is 11.8 Å². The molecule has 0 unspecified atom stereocenters. The highest BCUT2D eigenvalue weighted by molar-refractivity contribution is 5.98. The summed E-state index contributed by atoms with van der Waals surface area (Å²) in [6.07, 6.45) is 5.42. The van der Waals surface area contributed by atoms with Gasteiger partial charge < -0.3 is 14.6 Å². The molecule has 1 atom stereocenters. The van der Waals surface area contributed by atoms with Crippen LogP contribution in [0, 0.1) is 6.92 Å². The first-order chi connectivity index (χ1) is 15.6. The number of anilines is 1. The summed E-state index contributed by atoms with van der Waals surface area (Å²) >= 11 is 0. The average Bonchev–Trinajstić information content (AvgIpc) is 3.23. The normalized spacial score (nSPS) is 16.3. The van der Waals surface area contributed by atoms with Crippen LogP contribution in [-0.4, -0.2) is 45.9 Å². The van der Waals surface area contributed by atoms with E-state index in [1.165, 1.54) is 0 Å². The highest BCUT2D eigenvalue weighted by Crippen LogP contribution is 2.30. The van der Waals surface area contributed by atoms with Gasteiger partial charge in [-0.15, -0.1) is 0 Å². The number of aryl methyl sites for hydroxylation is 1. The molecule has 1 aromatic carbocycles. The molecule has 1 fully saturated rings. The first-order valence-corrected chi connectivity index (χ1v) is 10.9. The monoisotopic (exact) mass is 427 g/mol. The van der Waals surface area contributed by atoms with Crippen molar-refractivity contribution in [2.24, 2.45) is 0 Å². The zero-order valence-corrected chi connectivity index (χ0v) is 18.2. The lowest BCUT2D eigenvalue weighted by atomic mass is 9.93. The second kappa shape index (κ2) is 8.42. The number of nitrogens with zero attached hydrogens (tertiary/aromatic N) is 4. The molecule has 3 aromatic heterocycles. The van der Waals surface area contributed by atoms with Gasteiger partial charge in [0.2, 0.25) is 0 Å². The standard InChI is InChI=1S/C25H25N5O2/c1-16-11-20-12-17(7-8-22(20)32-16)25(31)30-10-4-6-19(15-30)21-13-23(26-2)29-24(28-21)18-5-3-9-27-14-18/h3,5,7-9,11-14,19H,4,6,10,15H2,1-2H3,(H,26,28,29)/t19-/m0/s1. The van der Waals surface area contributed by atoms with E-state index in [9.17, 15) is 4.79 Å².